The SMILES string of the molecule is CCN1CC2(C1)CN(C(=O)c1cccnc1)C[C@H]1C[C@@H](O)CN12. The maximum absolute atomic E-state index is 12.8. The van der Waals surface area contributed by atoms with Gasteiger partial charge in [-0.1, -0.05) is 6.92 Å². The highest BCUT2D eigenvalue weighted by Gasteiger charge is 2.56. The Balaban J connectivity index is 1.57. The molecule has 1 amide bonds. The molecular weight excluding hydrogens is 292 g/mol. The summed E-state index contributed by atoms with van der Waals surface area (Å²) < 4.78 is 0. The molecule has 1 aromatic heterocycles. The summed E-state index contributed by atoms with van der Waals surface area (Å²) in [5.74, 6) is 0.0634. The van der Waals surface area contributed by atoms with E-state index in [0.29, 0.717) is 12.1 Å². The normalized spacial score (nSPS) is 30.3. The minimum absolute atomic E-state index is 0.0221. The van der Waals surface area contributed by atoms with Crippen LogP contribution in [0.15, 0.2) is 24.5 Å². The second-order valence-electron chi connectivity index (χ2n) is 7.15. The molecule has 4 heterocycles. The maximum atomic E-state index is 12.8. The smallest absolute Gasteiger partial charge is 0.255 e. The van der Waals surface area contributed by atoms with Crippen molar-refractivity contribution in [2.24, 2.45) is 0 Å². The van der Waals surface area contributed by atoms with Crippen LogP contribution in [-0.2, 0) is 0 Å². The standard InChI is InChI=1S/C17H24N4O2/c1-2-19-10-17(11-19)12-20(8-14-6-15(22)9-21(14)17)16(23)13-4-3-5-18-7-13/h3-5,7,14-15,22H,2,6,8-12H2,1H3/t14-,15-/m1/s1. The summed E-state index contributed by atoms with van der Waals surface area (Å²) in [6.07, 6.45) is 3.84. The first kappa shape index (κ1) is 15.1. The van der Waals surface area contributed by atoms with Gasteiger partial charge in [0.2, 0.25) is 0 Å². The Hall–Kier alpha value is -1.50. The minimum atomic E-state index is -0.263. The molecule has 2 atom stereocenters. The highest BCUT2D eigenvalue weighted by Crippen LogP contribution is 2.39. The Morgan fingerprint density at radius 1 is 1.39 bits per heavy atom. The molecule has 0 aliphatic carbocycles. The Labute approximate surface area is 136 Å². The van der Waals surface area contributed by atoms with Crippen LogP contribution in [0.3, 0.4) is 0 Å². The van der Waals surface area contributed by atoms with E-state index in [-0.39, 0.29) is 23.6 Å². The highest BCUT2D eigenvalue weighted by molar-refractivity contribution is 5.94. The van der Waals surface area contributed by atoms with Gasteiger partial charge in [0, 0.05) is 51.2 Å². The molecule has 0 bridgehead atoms. The summed E-state index contributed by atoms with van der Waals surface area (Å²) in [7, 11) is 0. The van der Waals surface area contributed by atoms with Gasteiger partial charge in [0.05, 0.1) is 17.2 Å². The number of hydrogen-bond acceptors (Lipinski definition) is 5. The molecule has 0 saturated carbocycles. The summed E-state index contributed by atoms with van der Waals surface area (Å²) >= 11 is 0. The molecule has 4 rings (SSSR count). The largest absolute Gasteiger partial charge is 0.392 e. The van der Waals surface area contributed by atoms with Gasteiger partial charge in [0.25, 0.3) is 5.91 Å². The fourth-order valence-corrected chi connectivity index (χ4v) is 4.53. The number of rotatable bonds is 2. The maximum Gasteiger partial charge on any atom is 0.255 e. The summed E-state index contributed by atoms with van der Waals surface area (Å²) in [6.45, 7) is 7.40. The van der Waals surface area contributed by atoms with Crippen LogP contribution >= 0.6 is 0 Å². The minimum Gasteiger partial charge on any atom is -0.392 e. The zero-order valence-electron chi connectivity index (χ0n) is 13.6. The van der Waals surface area contributed by atoms with E-state index in [1.54, 1.807) is 18.5 Å². The van der Waals surface area contributed by atoms with Crippen molar-refractivity contribution in [1.29, 1.82) is 0 Å². The van der Waals surface area contributed by atoms with Gasteiger partial charge in [0.15, 0.2) is 0 Å². The van der Waals surface area contributed by atoms with E-state index in [2.05, 4.69) is 21.7 Å². The zero-order valence-corrected chi connectivity index (χ0v) is 13.6. The van der Waals surface area contributed by atoms with Gasteiger partial charge >= 0.3 is 0 Å². The number of piperazine rings is 1. The van der Waals surface area contributed by atoms with Crippen LogP contribution in [-0.4, -0.2) is 87.7 Å². The Morgan fingerprint density at radius 2 is 2.22 bits per heavy atom. The predicted molar refractivity (Wildman–Crippen MR) is 86.1 cm³/mol. The van der Waals surface area contributed by atoms with Gasteiger partial charge in [-0.3, -0.25) is 19.6 Å². The first-order chi connectivity index (χ1) is 11.1. The number of likely N-dealkylation sites (tertiary alicyclic amines) is 1. The van der Waals surface area contributed by atoms with E-state index in [1.165, 1.54) is 0 Å². The molecule has 1 aromatic rings. The third kappa shape index (κ3) is 2.45. The number of carbonyl (C=O) groups excluding carboxylic acids is 1. The molecule has 3 aliphatic rings. The third-order valence-corrected chi connectivity index (χ3v) is 5.60. The van der Waals surface area contributed by atoms with Crippen molar-refractivity contribution >= 4 is 5.91 Å². The van der Waals surface area contributed by atoms with E-state index < -0.39 is 0 Å². The van der Waals surface area contributed by atoms with Crippen LogP contribution in [0.5, 0.6) is 0 Å². The zero-order chi connectivity index (χ0) is 16.0. The lowest BCUT2D eigenvalue weighted by atomic mass is 9.83. The monoisotopic (exact) mass is 316 g/mol. The van der Waals surface area contributed by atoms with Crippen molar-refractivity contribution in [2.45, 2.75) is 31.0 Å². The van der Waals surface area contributed by atoms with E-state index >= 15 is 0 Å². The van der Waals surface area contributed by atoms with Gasteiger partial charge in [0.1, 0.15) is 0 Å². The number of hydrogen-bond donors (Lipinski definition) is 1. The molecule has 3 aliphatic heterocycles. The molecule has 3 fully saturated rings. The quantitative estimate of drug-likeness (QED) is 0.835. The lowest BCUT2D eigenvalue weighted by Gasteiger charge is -2.61. The first-order valence-electron chi connectivity index (χ1n) is 8.48. The van der Waals surface area contributed by atoms with Crippen molar-refractivity contribution in [3.05, 3.63) is 30.1 Å². The van der Waals surface area contributed by atoms with Crippen LogP contribution in [0.2, 0.25) is 0 Å². The van der Waals surface area contributed by atoms with Crippen molar-refractivity contribution in [2.75, 3.05) is 39.3 Å². The second-order valence-corrected chi connectivity index (χ2v) is 7.15. The van der Waals surface area contributed by atoms with Gasteiger partial charge in [-0.2, -0.15) is 0 Å². The molecule has 124 valence electrons. The molecule has 1 spiro atoms. The number of pyridine rings is 1. The Morgan fingerprint density at radius 3 is 2.91 bits per heavy atom. The van der Waals surface area contributed by atoms with Crippen molar-refractivity contribution in [1.82, 2.24) is 19.7 Å². The van der Waals surface area contributed by atoms with E-state index in [1.807, 2.05) is 11.0 Å². The van der Waals surface area contributed by atoms with E-state index in [9.17, 15) is 9.90 Å². The van der Waals surface area contributed by atoms with E-state index in [4.69, 9.17) is 0 Å². The highest BCUT2D eigenvalue weighted by atomic mass is 16.3. The van der Waals surface area contributed by atoms with Crippen molar-refractivity contribution in [3.63, 3.8) is 0 Å². The number of aliphatic hydroxyl groups excluding tert-OH is 1. The number of amides is 1. The molecule has 6 heteroatoms. The molecule has 0 radical (unpaired) electrons. The van der Waals surface area contributed by atoms with Crippen LogP contribution in [0, 0.1) is 0 Å². The van der Waals surface area contributed by atoms with Crippen molar-refractivity contribution in [3.8, 4) is 0 Å². The predicted octanol–water partition coefficient (Wildman–Crippen LogP) is 0.0469. The molecule has 23 heavy (non-hydrogen) atoms. The third-order valence-electron chi connectivity index (χ3n) is 5.60. The summed E-state index contributed by atoms with van der Waals surface area (Å²) in [5.41, 5.74) is 0.676. The number of nitrogens with zero attached hydrogens (tertiary/aromatic N) is 4. The van der Waals surface area contributed by atoms with Crippen LogP contribution in [0.25, 0.3) is 0 Å². The number of aliphatic hydroxyl groups is 1. The Kier molecular flexibility index (Phi) is 3.63. The van der Waals surface area contributed by atoms with Crippen LogP contribution in [0.1, 0.15) is 23.7 Å². The lowest BCUT2D eigenvalue weighted by Crippen LogP contribution is -2.78. The van der Waals surface area contributed by atoms with Crippen molar-refractivity contribution < 1.29 is 9.90 Å². The molecule has 3 saturated heterocycles. The molecule has 1 N–H and O–H groups in total. The topological polar surface area (TPSA) is 59.9 Å². The molecule has 0 unspecified atom stereocenters. The first-order valence-corrected chi connectivity index (χ1v) is 8.48. The fraction of sp³-hybridized carbons (Fsp3) is 0.647. The number of likely N-dealkylation sites (N-methyl/N-ethyl adjacent to an activating group) is 1. The number of aromatic nitrogens is 1. The lowest BCUT2D eigenvalue weighted by molar-refractivity contribution is -0.103. The number of carbonyl (C=O) groups is 1. The van der Waals surface area contributed by atoms with E-state index in [0.717, 1.165) is 39.1 Å². The number of fused-ring (bicyclic) bond motifs is 2. The fourth-order valence-electron chi connectivity index (χ4n) is 4.53. The molecular formula is C17H24N4O2. The summed E-state index contributed by atoms with van der Waals surface area (Å²) in [5, 5.41) is 10.1. The van der Waals surface area contributed by atoms with Gasteiger partial charge in [-0.05, 0) is 25.1 Å². The van der Waals surface area contributed by atoms with Gasteiger partial charge in [-0.15, -0.1) is 0 Å². The molecule has 0 aromatic carbocycles. The van der Waals surface area contributed by atoms with Gasteiger partial charge in [-0.25, -0.2) is 0 Å². The summed E-state index contributed by atoms with van der Waals surface area (Å²) in [6, 6.07) is 3.91. The average Bonchev–Trinajstić information content (AvgIpc) is 2.92. The average molecular weight is 316 g/mol. The van der Waals surface area contributed by atoms with Crippen LogP contribution in [0.4, 0.5) is 0 Å². The Bertz CT molecular complexity index is 588. The number of β-amino-alcohol motifs (C(OH)–C–C–N with tert-alkyl or cyclic N) is 1. The second kappa shape index (κ2) is 5.54. The summed E-state index contributed by atoms with van der Waals surface area (Å²) in [4.78, 5) is 23.8. The van der Waals surface area contributed by atoms with Crippen LogP contribution < -0.4 is 0 Å². The van der Waals surface area contributed by atoms with Gasteiger partial charge < -0.3 is 10.0 Å². The molecule has 6 nitrogen and oxygen atoms in total.